The monoisotopic (exact) mass is 205 g/mol. The predicted molar refractivity (Wildman–Crippen MR) is 42.0 cm³/mol. The number of rotatable bonds is 0. The van der Waals surface area contributed by atoms with Gasteiger partial charge in [0.1, 0.15) is 11.9 Å². The molecule has 0 spiro atoms. The third-order valence-corrected chi connectivity index (χ3v) is 2.28. The number of fused-ring (bicyclic) bond motifs is 1. The van der Waals surface area contributed by atoms with Crippen LogP contribution in [0, 0.1) is 5.82 Å². The zero-order chi connectivity index (χ0) is 10.3. The second-order valence-electron chi connectivity index (χ2n) is 3.16. The first-order chi connectivity index (χ1) is 6.50. The van der Waals surface area contributed by atoms with Gasteiger partial charge in [-0.2, -0.15) is 13.2 Å². The zero-order valence-electron chi connectivity index (χ0n) is 7.03. The molecular formula is C9H7F4N. The van der Waals surface area contributed by atoms with Crippen LogP contribution in [0.5, 0.6) is 0 Å². The van der Waals surface area contributed by atoms with Crippen LogP contribution in [0.4, 0.5) is 17.6 Å². The van der Waals surface area contributed by atoms with Crippen LogP contribution in [0.3, 0.4) is 0 Å². The summed E-state index contributed by atoms with van der Waals surface area (Å²) in [6, 6.07) is 2.03. The van der Waals surface area contributed by atoms with Crippen LogP contribution in [0.1, 0.15) is 17.2 Å². The van der Waals surface area contributed by atoms with Gasteiger partial charge in [-0.15, -0.1) is 0 Å². The van der Waals surface area contributed by atoms with E-state index in [-0.39, 0.29) is 17.7 Å². The summed E-state index contributed by atoms with van der Waals surface area (Å²) in [4.78, 5) is 0. The van der Waals surface area contributed by atoms with Gasteiger partial charge >= 0.3 is 6.18 Å². The Labute approximate surface area is 77.7 Å². The highest BCUT2D eigenvalue weighted by Crippen LogP contribution is 2.38. The van der Waals surface area contributed by atoms with E-state index in [0.29, 0.717) is 0 Å². The Morgan fingerprint density at radius 1 is 1.29 bits per heavy atom. The molecule has 1 nitrogen and oxygen atoms in total. The highest BCUT2D eigenvalue weighted by molar-refractivity contribution is 5.35. The van der Waals surface area contributed by atoms with Gasteiger partial charge < -0.3 is 0 Å². The lowest BCUT2D eigenvalue weighted by atomic mass is 10.0. The highest BCUT2D eigenvalue weighted by Gasteiger charge is 2.44. The van der Waals surface area contributed by atoms with Crippen molar-refractivity contribution in [3.8, 4) is 0 Å². The molecule has 76 valence electrons. The summed E-state index contributed by atoms with van der Waals surface area (Å²) in [7, 11) is 0. The lowest BCUT2D eigenvalue weighted by molar-refractivity contribution is -0.155. The Kier molecular flexibility index (Phi) is 1.99. The lowest BCUT2D eigenvalue weighted by Crippen LogP contribution is -2.28. The van der Waals surface area contributed by atoms with E-state index >= 15 is 0 Å². The van der Waals surface area contributed by atoms with E-state index in [2.05, 4.69) is 5.32 Å². The average Bonchev–Trinajstić information content (AvgIpc) is 2.47. The Morgan fingerprint density at radius 3 is 2.64 bits per heavy atom. The molecule has 14 heavy (non-hydrogen) atoms. The molecule has 0 amide bonds. The Hall–Kier alpha value is -1.10. The van der Waals surface area contributed by atoms with Crippen LogP contribution in [-0.2, 0) is 6.54 Å². The highest BCUT2D eigenvalue weighted by atomic mass is 19.4. The zero-order valence-corrected chi connectivity index (χ0v) is 7.03. The van der Waals surface area contributed by atoms with Crippen LogP contribution in [0.2, 0.25) is 0 Å². The minimum absolute atomic E-state index is 0.00231. The molecule has 1 aromatic carbocycles. The molecule has 2 rings (SSSR count). The molecule has 1 N–H and O–H groups in total. The van der Waals surface area contributed by atoms with Crippen LogP contribution >= 0.6 is 0 Å². The van der Waals surface area contributed by atoms with Crippen molar-refractivity contribution in [2.45, 2.75) is 18.8 Å². The molecule has 1 aromatic rings. The van der Waals surface area contributed by atoms with E-state index in [1.54, 1.807) is 0 Å². The molecule has 0 fully saturated rings. The average molecular weight is 205 g/mol. The molecule has 1 aliphatic rings. The molecule has 0 aliphatic carbocycles. The SMILES string of the molecule is Fc1cccc2c1CN[C@H]2C(F)(F)F. The quantitative estimate of drug-likeness (QED) is 0.642. The second kappa shape index (κ2) is 2.95. The summed E-state index contributed by atoms with van der Waals surface area (Å²) in [5, 5.41) is 2.24. The van der Waals surface area contributed by atoms with Gasteiger partial charge in [-0.3, -0.25) is 5.32 Å². The Balaban J connectivity index is 2.45. The maximum absolute atomic E-state index is 13.0. The molecule has 0 saturated carbocycles. The standard InChI is InChI=1S/C9H7F4N/c10-7-3-1-2-5-6(7)4-14-8(5)9(11,12)13/h1-3,8,14H,4H2/t8-/m1/s1. The molecule has 0 saturated heterocycles. The lowest BCUT2D eigenvalue weighted by Gasteiger charge is -2.15. The van der Waals surface area contributed by atoms with Gasteiger partial charge in [0, 0.05) is 12.1 Å². The molecule has 0 radical (unpaired) electrons. The number of alkyl halides is 3. The van der Waals surface area contributed by atoms with Crippen LogP contribution in [0.15, 0.2) is 18.2 Å². The number of nitrogens with one attached hydrogen (secondary N) is 1. The maximum Gasteiger partial charge on any atom is 0.407 e. The number of hydrogen-bond acceptors (Lipinski definition) is 1. The molecule has 1 aliphatic heterocycles. The van der Waals surface area contributed by atoms with Gasteiger partial charge in [-0.25, -0.2) is 4.39 Å². The van der Waals surface area contributed by atoms with E-state index in [9.17, 15) is 17.6 Å². The fourth-order valence-corrected chi connectivity index (χ4v) is 1.64. The van der Waals surface area contributed by atoms with Crippen molar-refractivity contribution >= 4 is 0 Å². The van der Waals surface area contributed by atoms with Gasteiger partial charge in [0.15, 0.2) is 0 Å². The number of benzene rings is 1. The third kappa shape index (κ3) is 1.37. The van der Waals surface area contributed by atoms with E-state index in [0.717, 1.165) is 0 Å². The second-order valence-corrected chi connectivity index (χ2v) is 3.16. The Morgan fingerprint density at radius 2 is 2.00 bits per heavy atom. The van der Waals surface area contributed by atoms with E-state index in [1.807, 2.05) is 0 Å². The van der Waals surface area contributed by atoms with Gasteiger partial charge in [0.25, 0.3) is 0 Å². The topological polar surface area (TPSA) is 12.0 Å². The van der Waals surface area contributed by atoms with Crippen molar-refractivity contribution in [1.82, 2.24) is 5.32 Å². The van der Waals surface area contributed by atoms with Crippen molar-refractivity contribution in [1.29, 1.82) is 0 Å². The first-order valence-electron chi connectivity index (χ1n) is 4.07. The first-order valence-corrected chi connectivity index (χ1v) is 4.07. The summed E-state index contributed by atoms with van der Waals surface area (Å²) >= 11 is 0. The minimum atomic E-state index is -4.36. The minimum Gasteiger partial charge on any atom is -0.298 e. The van der Waals surface area contributed by atoms with Crippen molar-refractivity contribution in [2.24, 2.45) is 0 Å². The fraction of sp³-hybridized carbons (Fsp3) is 0.333. The molecular weight excluding hydrogens is 198 g/mol. The van der Waals surface area contributed by atoms with Crippen LogP contribution in [-0.4, -0.2) is 6.18 Å². The smallest absolute Gasteiger partial charge is 0.298 e. The number of halogens is 4. The van der Waals surface area contributed by atoms with E-state index in [1.165, 1.54) is 18.2 Å². The molecule has 0 unspecified atom stereocenters. The summed E-state index contributed by atoms with van der Waals surface area (Å²) in [5.74, 6) is -0.582. The summed E-state index contributed by atoms with van der Waals surface area (Å²) in [6.07, 6.45) is -4.36. The summed E-state index contributed by atoms with van der Waals surface area (Å²) in [6.45, 7) is -0.0633. The van der Waals surface area contributed by atoms with Gasteiger partial charge in [-0.1, -0.05) is 12.1 Å². The van der Waals surface area contributed by atoms with Crippen molar-refractivity contribution in [3.05, 3.63) is 35.1 Å². The molecule has 0 bridgehead atoms. The summed E-state index contributed by atoms with van der Waals surface area (Å²) < 4.78 is 50.2. The van der Waals surface area contributed by atoms with Crippen molar-refractivity contribution < 1.29 is 17.6 Å². The van der Waals surface area contributed by atoms with E-state index in [4.69, 9.17) is 0 Å². The molecule has 5 heteroatoms. The van der Waals surface area contributed by atoms with Crippen LogP contribution in [0.25, 0.3) is 0 Å². The molecule has 1 heterocycles. The van der Waals surface area contributed by atoms with E-state index < -0.39 is 18.0 Å². The van der Waals surface area contributed by atoms with Gasteiger partial charge in [0.05, 0.1) is 0 Å². The van der Waals surface area contributed by atoms with Gasteiger partial charge in [-0.05, 0) is 11.6 Å². The molecule has 0 aromatic heterocycles. The Bertz CT molecular complexity index is 358. The molecule has 1 atom stereocenters. The predicted octanol–water partition coefficient (Wildman–Crippen LogP) is 2.53. The third-order valence-electron chi connectivity index (χ3n) is 2.28. The summed E-state index contributed by atoms with van der Waals surface area (Å²) in [5.41, 5.74) is 0.118. The number of hydrogen-bond donors (Lipinski definition) is 1. The fourth-order valence-electron chi connectivity index (χ4n) is 1.64. The van der Waals surface area contributed by atoms with Crippen molar-refractivity contribution in [3.63, 3.8) is 0 Å². The van der Waals surface area contributed by atoms with Crippen molar-refractivity contribution in [2.75, 3.05) is 0 Å². The normalized spacial score (nSPS) is 21.0. The maximum atomic E-state index is 13.0. The first kappa shape index (κ1) is 9.45. The van der Waals surface area contributed by atoms with Crippen LogP contribution < -0.4 is 5.32 Å². The largest absolute Gasteiger partial charge is 0.407 e. The van der Waals surface area contributed by atoms with Gasteiger partial charge in [0.2, 0.25) is 0 Å².